The van der Waals surface area contributed by atoms with Crippen molar-refractivity contribution >= 4 is 27.4 Å². The molecule has 6 nitrogen and oxygen atoms in total. The standard InChI is InChI=1S/C15H17N3O3S/c1-10(2)7-11-5-4-6-12(8-11)14(19)17(3)15-16-9-13(22-15)18(20)21/h4-6,8-10H,7H2,1-3H3. The number of carbonyl (C=O) groups excluding carboxylic acids is 1. The molecule has 0 bridgehead atoms. The van der Waals surface area contributed by atoms with Gasteiger partial charge in [-0.1, -0.05) is 26.0 Å². The van der Waals surface area contributed by atoms with Crippen LogP contribution in [0.25, 0.3) is 0 Å². The summed E-state index contributed by atoms with van der Waals surface area (Å²) in [6.07, 6.45) is 2.06. The van der Waals surface area contributed by atoms with Crippen LogP contribution in [0.5, 0.6) is 0 Å². The lowest BCUT2D eigenvalue weighted by Gasteiger charge is -2.14. The minimum Gasteiger partial charge on any atom is -0.287 e. The molecule has 0 aliphatic carbocycles. The average Bonchev–Trinajstić information content (AvgIpc) is 2.95. The van der Waals surface area contributed by atoms with E-state index in [1.54, 1.807) is 13.1 Å². The summed E-state index contributed by atoms with van der Waals surface area (Å²) in [4.78, 5) is 27.9. The van der Waals surface area contributed by atoms with E-state index in [0.717, 1.165) is 23.3 Å². The zero-order chi connectivity index (χ0) is 16.3. The van der Waals surface area contributed by atoms with E-state index in [9.17, 15) is 14.9 Å². The van der Waals surface area contributed by atoms with Crippen LogP contribution in [0.2, 0.25) is 0 Å². The van der Waals surface area contributed by atoms with E-state index in [0.29, 0.717) is 16.6 Å². The second kappa shape index (κ2) is 6.65. The molecule has 0 atom stereocenters. The molecule has 0 aliphatic rings. The fourth-order valence-electron chi connectivity index (χ4n) is 2.08. The minimum absolute atomic E-state index is 0.0804. The van der Waals surface area contributed by atoms with Gasteiger partial charge in [0.25, 0.3) is 5.91 Å². The predicted octanol–water partition coefficient (Wildman–Crippen LogP) is 3.53. The second-order valence-corrected chi connectivity index (χ2v) is 6.39. The van der Waals surface area contributed by atoms with Crippen molar-refractivity contribution in [1.82, 2.24) is 4.98 Å². The van der Waals surface area contributed by atoms with E-state index >= 15 is 0 Å². The molecule has 2 aromatic rings. The Morgan fingerprint density at radius 3 is 2.77 bits per heavy atom. The van der Waals surface area contributed by atoms with Gasteiger partial charge in [-0.2, -0.15) is 0 Å². The zero-order valence-corrected chi connectivity index (χ0v) is 13.5. The summed E-state index contributed by atoms with van der Waals surface area (Å²) in [5.74, 6) is 0.277. The van der Waals surface area contributed by atoms with Gasteiger partial charge < -0.3 is 0 Å². The fraction of sp³-hybridized carbons (Fsp3) is 0.333. The van der Waals surface area contributed by atoms with Crippen LogP contribution in [0, 0.1) is 16.0 Å². The Kier molecular flexibility index (Phi) is 4.87. The number of thiazole rings is 1. The number of anilines is 1. The van der Waals surface area contributed by atoms with Crippen LogP contribution in [0.15, 0.2) is 30.5 Å². The van der Waals surface area contributed by atoms with Gasteiger partial charge in [0, 0.05) is 12.6 Å². The first-order valence-corrected chi connectivity index (χ1v) is 7.67. The van der Waals surface area contributed by atoms with Gasteiger partial charge in [-0.3, -0.25) is 19.8 Å². The third kappa shape index (κ3) is 3.67. The van der Waals surface area contributed by atoms with Crippen LogP contribution in [-0.2, 0) is 6.42 Å². The van der Waals surface area contributed by atoms with Crippen molar-refractivity contribution < 1.29 is 9.72 Å². The van der Waals surface area contributed by atoms with Crippen molar-refractivity contribution in [1.29, 1.82) is 0 Å². The van der Waals surface area contributed by atoms with Crippen molar-refractivity contribution in [3.63, 3.8) is 0 Å². The first-order chi connectivity index (χ1) is 10.4. The molecule has 0 N–H and O–H groups in total. The number of benzene rings is 1. The Morgan fingerprint density at radius 1 is 1.45 bits per heavy atom. The van der Waals surface area contributed by atoms with Gasteiger partial charge in [0.2, 0.25) is 0 Å². The highest BCUT2D eigenvalue weighted by atomic mass is 32.1. The maximum Gasteiger partial charge on any atom is 0.345 e. The molecule has 0 spiro atoms. The van der Waals surface area contributed by atoms with Crippen LogP contribution in [0.4, 0.5) is 10.1 Å². The van der Waals surface area contributed by atoms with Gasteiger partial charge in [-0.25, -0.2) is 4.98 Å². The third-order valence-electron chi connectivity index (χ3n) is 3.07. The Labute approximate surface area is 132 Å². The van der Waals surface area contributed by atoms with Crippen molar-refractivity contribution in [2.45, 2.75) is 20.3 Å². The summed E-state index contributed by atoms with van der Waals surface area (Å²) in [5.41, 5.74) is 1.65. The molecule has 22 heavy (non-hydrogen) atoms. The lowest BCUT2D eigenvalue weighted by Crippen LogP contribution is -2.26. The van der Waals surface area contributed by atoms with Gasteiger partial charge in [-0.05, 0) is 41.4 Å². The van der Waals surface area contributed by atoms with E-state index in [4.69, 9.17) is 0 Å². The number of carbonyl (C=O) groups is 1. The Bertz CT molecular complexity index is 697. The number of nitrogens with zero attached hydrogens (tertiary/aromatic N) is 3. The van der Waals surface area contributed by atoms with Crippen LogP contribution >= 0.6 is 11.3 Å². The molecule has 0 unspecified atom stereocenters. The maximum absolute atomic E-state index is 12.5. The largest absolute Gasteiger partial charge is 0.345 e. The molecule has 1 aromatic carbocycles. The zero-order valence-electron chi connectivity index (χ0n) is 12.6. The highest BCUT2D eigenvalue weighted by molar-refractivity contribution is 7.18. The summed E-state index contributed by atoms with van der Waals surface area (Å²) < 4.78 is 0. The summed E-state index contributed by atoms with van der Waals surface area (Å²) in [6.45, 7) is 4.24. The number of aromatic nitrogens is 1. The van der Waals surface area contributed by atoms with Crippen molar-refractivity contribution in [2.24, 2.45) is 5.92 Å². The number of nitro groups is 1. The smallest absolute Gasteiger partial charge is 0.287 e. The quantitative estimate of drug-likeness (QED) is 0.624. The van der Waals surface area contributed by atoms with Crippen LogP contribution in [0.3, 0.4) is 0 Å². The van der Waals surface area contributed by atoms with E-state index in [2.05, 4.69) is 18.8 Å². The highest BCUT2D eigenvalue weighted by Gasteiger charge is 2.20. The lowest BCUT2D eigenvalue weighted by molar-refractivity contribution is -0.380. The van der Waals surface area contributed by atoms with E-state index in [1.807, 2.05) is 18.2 Å². The van der Waals surface area contributed by atoms with Gasteiger partial charge in [-0.15, -0.1) is 0 Å². The summed E-state index contributed by atoms with van der Waals surface area (Å²) in [7, 11) is 1.57. The van der Waals surface area contributed by atoms with E-state index in [-0.39, 0.29) is 10.9 Å². The summed E-state index contributed by atoms with van der Waals surface area (Å²) in [5, 5.41) is 10.9. The summed E-state index contributed by atoms with van der Waals surface area (Å²) in [6, 6.07) is 7.44. The predicted molar refractivity (Wildman–Crippen MR) is 86.5 cm³/mol. The van der Waals surface area contributed by atoms with Gasteiger partial charge >= 0.3 is 5.00 Å². The van der Waals surface area contributed by atoms with Crippen molar-refractivity contribution in [2.75, 3.05) is 11.9 Å². The molecule has 0 aliphatic heterocycles. The Balaban J connectivity index is 2.21. The van der Waals surface area contributed by atoms with Crippen molar-refractivity contribution in [3.05, 3.63) is 51.7 Å². The second-order valence-electron chi connectivity index (χ2n) is 5.40. The monoisotopic (exact) mass is 319 g/mol. The molecule has 0 saturated heterocycles. The molecule has 7 heteroatoms. The lowest BCUT2D eigenvalue weighted by atomic mass is 10.0. The molecule has 1 aromatic heterocycles. The van der Waals surface area contributed by atoms with Gasteiger partial charge in [0.1, 0.15) is 6.20 Å². The van der Waals surface area contributed by atoms with E-state index < -0.39 is 4.92 Å². The van der Waals surface area contributed by atoms with Crippen LogP contribution < -0.4 is 4.90 Å². The first-order valence-electron chi connectivity index (χ1n) is 6.85. The molecule has 1 amide bonds. The average molecular weight is 319 g/mol. The molecule has 1 heterocycles. The molecule has 2 rings (SSSR count). The molecule has 0 saturated carbocycles. The first kappa shape index (κ1) is 16.1. The maximum atomic E-state index is 12.5. The number of rotatable bonds is 5. The van der Waals surface area contributed by atoms with E-state index in [1.165, 1.54) is 11.1 Å². The van der Waals surface area contributed by atoms with Crippen LogP contribution in [0.1, 0.15) is 29.8 Å². The number of hydrogen-bond acceptors (Lipinski definition) is 5. The molecular formula is C15H17N3O3S. The minimum atomic E-state index is -0.511. The Morgan fingerprint density at radius 2 is 2.18 bits per heavy atom. The van der Waals surface area contributed by atoms with Crippen LogP contribution in [-0.4, -0.2) is 22.9 Å². The van der Waals surface area contributed by atoms with Gasteiger partial charge in [0.15, 0.2) is 5.13 Å². The number of amides is 1. The molecular weight excluding hydrogens is 302 g/mol. The fourth-order valence-corrected chi connectivity index (χ4v) is 2.77. The Hall–Kier alpha value is -2.28. The summed E-state index contributed by atoms with van der Waals surface area (Å²) >= 11 is 0.882. The topological polar surface area (TPSA) is 76.3 Å². The third-order valence-corrected chi connectivity index (χ3v) is 4.10. The van der Waals surface area contributed by atoms with Gasteiger partial charge in [0.05, 0.1) is 4.92 Å². The molecule has 0 fully saturated rings. The molecule has 0 radical (unpaired) electrons. The number of hydrogen-bond donors (Lipinski definition) is 0. The highest BCUT2D eigenvalue weighted by Crippen LogP contribution is 2.28. The van der Waals surface area contributed by atoms with Crippen molar-refractivity contribution in [3.8, 4) is 0 Å². The molecule has 116 valence electrons. The SMILES string of the molecule is CC(C)Cc1cccc(C(=O)N(C)c2ncc([N+](=O)[O-])s2)c1. The normalized spacial score (nSPS) is 10.7.